The Morgan fingerprint density at radius 3 is 2.86 bits per heavy atom. The molecule has 1 aromatic carbocycles. The predicted molar refractivity (Wildman–Crippen MR) is 113 cm³/mol. The molecule has 0 spiro atoms. The minimum absolute atomic E-state index is 0.162. The average Bonchev–Trinajstić information content (AvgIpc) is 3.50. The maximum atomic E-state index is 12.4. The molecule has 154 valence electrons. The highest BCUT2D eigenvalue weighted by Crippen LogP contribution is 2.39. The Hall–Kier alpha value is -2.08. The van der Waals surface area contributed by atoms with Crippen LogP contribution in [0.2, 0.25) is 5.02 Å². The lowest BCUT2D eigenvalue weighted by Gasteiger charge is -2.22. The quantitative estimate of drug-likeness (QED) is 0.455. The number of thioether (sulfide) groups is 1. The van der Waals surface area contributed by atoms with Crippen molar-refractivity contribution in [1.82, 2.24) is 20.1 Å². The molecule has 1 heterocycles. The smallest absolute Gasteiger partial charge is 0.231 e. The third-order valence-corrected chi connectivity index (χ3v) is 6.22. The first-order valence-corrected chi connectivity index (χ1v) is 10.9. The molecule has 2 aromatic rings. The molecule has 1 aliphatic rings. The zero-order valence-corrected chi connectivity index (χ0v) is 18.1. The van der Waals surface area contributed by atoms with E-state index in [4.69, 9.17) is 16.3 Å². The van der Waals surface area contributed by atoms with Crippen LogP contribution in [-0.2, 0) is 16.1 Å². The fourth-order valence-electron chi connectivity index (χ4n) is 3.14. The van der Waals surface area contributed by atoms with Crippen molar-refractivity contribution < 1.29 is 9.53 Å². The number of nitrogens with zero attached hydrogens (tertiary/aromatic N) is 4. The molecule has 0 saturated heterocycles. The van der Waals surface area contributed by atoms with Crippen molar-refractivity contribution in [1.29, 1.82) is 5.26 Å². The molecule has 7 nitrogen and oxygen atoms in total. The van der Waals surface area contributed by atoms with Crippen molar-refractivity contribution in [3.63, 3.8) is 0 Å². The van der Waals surface area contributed by atoms with E-state index in [-0.39, 0.29) is 17.6 Å². The van der Waals surface area contributed by atoms with Gasteiger partial charge in [0.1, 0.15) is 5.54 Å². The van der Waals surface area contributed by atoms with Gasteiger partial charge in [0.2, 0.25) is 5.91 Å². The summed E-state index contributed by atoms with van der Waals surface area (Å²) in [6, 6.07) is 9.72. The summed E-state index contributed by atoms with van der Waals surface area (Å²) < 4.78 is 7.12. The van der Waals surface area contributed by atoms with Gasteiger partial charge in [-0.25, -0.2) is 0 Å². The molecule has 0 aliphatic heterocycles. The fraction of sp³-hybridized carbons (Fsp3) is 0.500. The number of benzene rings is 1. The van der Waals surface area contributed by atoms with Crippen molar-refractivity contribution in [3.05, 3.63) is 29.3 Å². The van der Waals surface area contributed by atoms with Crippen LogP contribution in [0, 0.1) is 17.2 Å². The van der Waals surface area contributed by atoms with Gasteiger partial charge in [0, 0.05) is 25.8 Å². The van der Waals surface area contributed by atoms with Gasteiger partial charge in [-0.2, -0.15) is 5.26 Å². The molecule has 1 saturated carbocycles. The van der Waals surface area contributed by atoms with Crippen LogP contribution in [-0.4, -0.2) is 45.7 Å². The highest BCUT2D eigenvalue weighted by molar-refractivity contribution is 7.99. The molecular formula is C20H24ClN5O2S. The summed E-state index contributed by atoms with van der Waals surface area (Å²) in [5.41, 5.74) is -0.00635. The van der Waals surface area contributed by atoms with Crippen molar-refractivity contribution in [2.45, 2.75) is 43.4 Å². The van der Waals surface area contributed by atoms with E-state index in [0.29, 0.717) is 29.2 Å². The number of halogens is 1. The van der Waals surface area contributed by atoms with Gasteiger partial charge in [-0.15, -0.1) is 10.2 Å². The third kappa shape index (κ3) is 5.30. The van der Waals surface area contributed by atoms with Crippen LogP contribution in [0.1, 0.15) is 26.2 Å². The number of rotatable bonds is 10. The fourth-order valence-corrected chi connectivity index (χ4v) is 4.13. The summed E-state index contributed by atoms with van der Waals surface area (Å²) in [6.45, 7) is 3.03. The van der Waals surface area contributed by atoms with E-state index in [1.165, 1.54) is 11.8 Å². The second-order valence-corrected chi connectivity index (χ2v) is 8.56. The first-order chi connectivity index (χ1) is 14.0. The van der Waals surface area contributed by atoms with E-state index >= 15 is 0 Å². The zero-order chi connectivity index (χ0) is 20.9. The van der Waals surface area contributed by atoms with Crippen LogP contribution in [0.4, 0.5) is 0 Å². The number of carbonyl (C=O) groups is 1. The van der Waals surface area contributed by atoms with Crippen LogP contribution < -0.4 is 5.32 Å². The summed E-state index contributed by atoms with van der Waals surface area (Å²) in [5, 5.41) is 22.1. The number of nitrogens with one attached hydrogen (secondary N) is 1. The Kier molecular flexibility index (Phi) is 7.17. The van der Waals surface area contributed by atoms with Gasteiger partial charge in [0.15, 0.2) is 11.0 Å². The monoisotopic (exact) mass is 433 g/mol. The van der Waals surface area contributed by atoms with Gasteiger partial charge in [-0.1, -0.05) is 35.5 Å². The Labute approximate surface area is 179 Å². The van der Waals surface area contributed by atoms with Crippen LogP contribution >= 0.6 is 23.4 Å². The normalized spacial score (nSPS) is 15.5. The van der Waals surface area contributed by atoms with Gasteiger partial charge < -0.3 is 14.6 Å². The molecule has 1 aliphatic carbocycles. The Morgan fingerprint density at radius 1 is 1.45 bits per heavy atom. The molecule has 1 fully saturated rings. The van der Waals surface area contributed by atoms with Gasteiger partial charge in [-0.3, -0.25) is 4.79 Å². The summed E-state index contributed by atoms with van der Waals surface area (Å²) >= 11 is 7.65. The maximum absolute atomic E-state index is 12.4. The van der Waals surface area contributed by atoms with Gasteiger partial charge in [0.05, 0.1) is 16.8 Å². The first kappa shape index (κ1) is 21.6. The van der Waals surface area contributed by atoms with Crippen LogP contribution in [0.3, 0.4) is 0 Å². The van der Waals surface area contributed by atoms with Crippen LogP contribution in [0.25, 0.3) is 11.4 Å². The van der Waals surface area contributed by atoms with E-state index in [2.05, 4.69) is 21.6 Å². The molecule has 1 N–H and O–H groups in total. The highest BCUT2D eigenvalue weighted by Gasteiger charge is 2.43. The molecule has 0 radical (unpaired) electrons. The number of amides is 1. The molecule has 0 bridgehead atoms. The molecular weight excluding hydrogens is 410 g/mol. The number of methoxy groups -OCH3 is 1. The Balaban J connectivity index is 1.73. The molecule has 1 amide bonds. The highest BCUT2D eigenvalue weighted by atomic mass is 35.5. The number of aromatic nitrogens is 3. The lowest BCUT2D eigenvalue weighted by molar-refractivity contribution is -0.119. The number of nitriles is 1. The standard InChI is InChI=1S/C20H24ClN5O2S/c1-20(13-22,14-8-9-14)23-17(27)12-29-19-25-24-18(26(19)10-5-11-28-2)15-6-3-4-7-16(15)21/h3-4,6-7,14H,5,8-12H2,1-2H3,(H,23,27). The van der Waals surface area contributed by atoms with E-state index in [1.807, 2.05) is 28.8 Å². The van der Waals surface area contributed by atoms with E-state index < -0.39 is 5.54 Å². The lowest BCUT2D eigenvalue weighted by atomic mass is 9.98. The topological polar surface area (TPSA) is 92.8 Å². The molecule has 29 heavy (non-hydrogen) atoms. The number of carbonyl (C=O) groups excluding carboxylic acids is 1. The van der Waals surface area contributed by atoms with Gasteiger partial charge in [-0.05, 0) is 44.2 Å². The summed E-state index contributed by atoms with van der Waals surface area (Å²) in [6.07, 6.45) is 2.74. The van der Waals surface area contributed by atoms with Crippen LogP contribution in [0.5, 0.6) is 0 Å². The van der Waals surface area contributed by atoms with Crippen LogP contribution in [0.15, 0.2) is 29.4 Å². The Morgan fingerprint density at radius 2 is 2.21 bits per heavy atom. The second-order valence-electron chi connectivity index (χ2n) is 7.21. The minimum atomic E-state index is -0.799. The SMILES string of the molecule is COCCCn1c(SCC(=O)NC(C)(C#N)C2CC2)nnc1-c1ccccc1Cl. The van der Waals surface area contributed by atoms with Crippen molar-refractivity contribution >= 4 is 29.3 Å². The molecule has 1 atom stereocenters. The summed E-state index contributed by atoms with van der Waals surface area (Å²) in [4.78, 5) is 12.4. The average molecular weight is 434 g/mol. The number of hydrogen-bond acceptors (Lipinski definition) is 6. The minimum Gasteiger partial charge on any atom is -0.385 e. The second kappa shape index (κ2) is 9.61. The lowest BCUT2D eigenvalue weighted by Crippen LogP contribution is -2.47. The summed E-state index contributed by atoms with van der Waals surface area (Å²) in [5.74, 6) is 0.881. The molecule has 3 rings (SSSR count). The van der Waals surface area contributed by atoms with E-state index in [1.54, 1.807) is 14.0 Å². The van der Waals surface area contributed by atoms with E-state index in [0.717, 1.165) is 24.8 Å². The zero-order valence-electron chi connectivity index (χ0n) is 16.5. The number of hydrogen-bond donors (Lipinski definition) is 1. The van der Waals surface area contributed by atoms with Crippen molar-refractivity contribution in [3.8, 4) is 17.5 Å². The predicted octanol–water partition coefficient (Wildman–Crippen LogP) is 3.54. The molecule has 1 unspecified atom stereocenters. The van der Waals surface area contributed by atoms with E-state index in [9.17, 15) is 10.1 Å². The van der Waals surface area contributed by atoms with Crippen molar-refractivity contribution in [2.24, 2.45) is 5.92 Å². The van der Waals surface area contributed by atoms with Gasteiger partial charge in [0.25, 0.3) is 0 Å². The summed E-state index contributed by atoms with van der Waals surface area (Å²) in [7, 11) is 1.66. The Bertz CT molecular complexity index is 909. The first-order valence-electron chi connectivity index (χ1n) is 9.50. The largest absolute Gasteiger partial charge is 0.385 e. The third-order valence-electron chi connectivity index (χ3n) is 4.92. The van der Waals surface area contributed by atoms with Crippen molar-refractivity contribution in [2.75, 3.05) is 19.5 Å². The van der Waals surface area contributed by atoms with Gasteiger partial charge >= 0.3 is 0 Å². The number of ether oxygens (including phenoxy) is 1. The molecule has 1 aromatic heterocycles. The maximum Gasteiger partial charge on any atom is 0.231 e. The molecule has 9 heteroatoms.